The van der Waals surface area contributed by atoms with Crippen LogP contribution in [0.15, 0.2) is 24.3 Å². The monoisotopic (exact) mass is 247 g/mol. The highest BCUT2D eigenvalue weighted by Crippen LogP contribution is 2.25. The van der Waals surface area contributed by atoms with E-state index in [0.717, 1.165) is 32.4 Å². The minimum Gasteiger partial charge on any atom is -0.481 e. The lowest BCUT2D eigenvalue weighted by Crippen LogP contribution is -2.34. The third kappa shape index (κ3) is 3.25. The average molecular weight is 247 g/mol. The molecule has 1 aliphatic rings. The number of carbonyl (C=O) groups is 1. The SMILES string of the molecule is CCc1ccc(N2CCC(CC(=O)O)CC2)cc1. The zero-order valence-corrected chi connectivity index (χ0v) is 10.9. The molecule has 1 aromatic carbocycles. The fraction of sp³-hybridized carbons (Fsp3) is 0.533. The predicted octanol–water partition coefficient (Wildman–Crippen LogP) is 2.94. The standard InChI is InChI=1S/C15H21NO2/c1-2-12-3-5-14(6-4-12)16-9-7-13(8-10-16)11-15(17)18/h3-6,13H,2,7-11H2,1H3,(H,17,18). The molecule has 0 unspecified atom stereocenters. The van der Waals surface area contributed by atoms with Crippen LogP contribution in [0.1, 0.15) is 31.7 Å². The number of benzene rings is 1. The molecule has 1 fully saturated rings. The summed E-state index contributed by atoms with van der Waals surface area (Å²) in [6, 6.07) is 8.71. The molecule has 1 aromatic rings. The summed E-state index contributed by atoms with van der Waals surface area (Å²) in [6.45, 7) is 4.11. The van der Waals surface area contributed by atoms with Crippen LogP contribution in [0.3, 0.4) is 0 Å². The molecular weight excluding hydrogens is 226 g/mol. The van der Waals surface area contributed by atoms with E-state index in [2.05, 4.69) is 36.1 Å². The van der Waals surface area contributed by atoms with Crippen molar-refractivity contribution in [3.8, 4) is 0 Å². The summed E-state index contributed by atoms with van der Waals surface area (Å²) in [5.41, 5.74) is 2.63. The lowest BCUT2D eigenvalue weighted by molar-refractivity contribution is -0.138. The Morgan fingerprint density at radius 2 is 1.89 bits per heavy atom. The highest BCUT2D eigenvalue weighted by molar-refractivity contribution is 5.67. The second kappa shape index (κ2) is 5.89. The van der Waals surface area contributed by atoms with Crippen LogP contribution >= 0.6 is 0 Å². The summed E-state index contributed by atoms with van der Waals surface area (Å²) in [4.78, 5) is 13.0. The van der Waals surface area contributed by atoms with E-state index in [-0.39, 0.29) is 0 Å². The number of aliphatic carboxylic acids is 1. The molecule has 1 saturated heterocycles. The number of aryl methyl sites for hydroxylation is 1. The maximum atomic E-state index is 10.7. The van der Waals surface area contributed by atoms with Gasteiger partial charge in [-0.15, -0.1) is 0 Å². The average Bonchev–Trinajstić information content (AvgIpc) is 2.39. The molecule has 2 rings (SSSR count). The first-order valence-electron chi connectivity index (χ1n) is 6.74. The fourth-order valence-corrected chi connectivity index (χ4v) is 2.58. The van der Waals surface area contributed by atoms with Crippen molar-refractivity contribution < 1.29 is 9.90 Å². The lowest BCUT2D eigenvalue weighted by Gasteiger charge is -2.33. The Balaban J connectivity index is 1.90. The number of piperidine rings is 1. The number of hydrogen-bond donors (Lipinski definition) is 1. The van der Waals surface area contributed by atoms with Crippen LogP contribution in [0.5, 0.6) is 0 Å². The van der Waals surface area contributed by atoms with Gasteiger partial charge in [0.1, 0.15) is 0 Å². The van der Waals surface area contributed by atoms with E-state index in [9.17, 15) is 4.79 Å². The quantitative estimate of drug-likeness (QED) is 0.889. The minimum atomic E-state index is -0.666. The molecule has 98 valence electrons. The van der Waals surface area contributed by atoms with Crippen molar-refractivity contribution in [2.45, 2.75) is 32.6 Å². The van der Waals surface area contributed by atoms with E-state index in [1.807, 2.05) is 0 Å². The van der Waals surface area contributed by atoms with Crippen molar-refractivity contribution in [3.05, 3.63) is 29.8 Å². The Bertz CT molecular complexity index is 391. The van der Waals surface area contributed by atoms with Crippen LogP contribution in [-0.4, -0.2) is 24.2 Å². The molecule has 1 heterocycles. The zero-order chi connectivity index (χ0) is 13.0. The van der Waals surface area contributed by atoms with E-state index in [1.54, 1.807) is 0 Å². The van der Waals surface area contributed by atoms with Crippen LogP contribution in [0.2, 0.25) is 0 Å². The molecule has 3 nitrogen and oxygen atoms in total. The number of anilines is 1. The van der Waals surface area contributed by atoms with Crippen molar-refractivity contribution in [2.75, 3.05) is 18.0 Å². The largest absolute Gasteiger partial charge is 0.481 e. The molecule has 18 heavy (non-hydrogen) atoms. The first-order chi connectivity index (χ1) is 8.69. The van der Waals surface area contributed by atoms with Crippen molar-refractivity contribution in [1.29, 1.82) is 0 Å². The third-order valence-corrected chi connectivity index (χ3v) is 3.79. The van der Waals surface area contributed by atoms with E-state index >= 15 is 0 Å². The van der Waals surface area contributed by atoms with E-state index in [4.69, 9.17) is 5.11 Å². The summed E-state index contributed by atoms with van der Waals surface area (Å²) < 4.78 is 0. The molecule has 3 heteroatoms. The first kappa shape index (κ1) is 12.9. The van der Waals surface area contributed by atoms with Gasteiger partial charge in [0, 0.05) is 25.2 Å². The van der Waals surface area contributed by atoms with Gasteiger partial charge in [-0.25, -0.2) is 0 Å². The molecule has 0 bridgehead atoms. The van der Waals surface area contributed by atoms with Gasteiger partial charge < -0.3 is 10.0 Å². The Morgan fingerprint density at radius 1 is 1.28 bits per heavy atom. The maximum absolute atomic E-state index is 10.7. The number of carboxylic acid groups (broad SMARTS) is 1. The smallest absolute Gasteiger partial charge is 0.303 e. The first-order valence-corrected chi connectivity index (χ1v) is 6.74. The van der Waals surface area contributed by atoms with E-state index in [0.29, 0.717) is 12.3 Å². The third-order valence-electron chi connectivity index (χ3n) is 3.79. The number of rotatable bonds is 4. The van der Waals surface area contributed by atoms with Gasteiger partial charge in [-0.1, -0.05) is 19.1 Å². The normalized spacial score (nSPS) is 16.8. The molecule has 1 aliphatic heterocycles. The predicted molar refractivity (Wildman–Crippen MR) is 73.0 cm³/mol. The summed E-state index contributed by atoms with van der Waals surface area (Å²) in [6.07, 6.45) is 3.37. The maximum Gasteiger partial charge on any atom is 0.303 e. The molecule has 0 amide bonds. The van der Waals surface area contributed by atoms with Gasteiger partial charge in [0.2, 0.25) is 0 Å². The van der Waals surface area contributed by atoms with Crippen LogP contribution < -0.4 is 4.90 Å². The van der Waals surface area contributed by atoms with Crippen LogP contribution in [-0.2, 0) is 11.2 Å². The summed E-state index contributed by atoms with van der Waals surface area (Å²) in [7, 11) is 0. The van der Waals surface area contributed by atoms with Crippen LogP contribution in [0.25, 0.3) is 0 Å². The van der Waals surface area contributed by atoms with Crippen molar-refractivity contribution >= 4 is 11.7 Å². The number of hydrogen-bond acceptors (Lipinski definition) is 2. The molecule has 0 aliphatic carbocycles. The Kier molecular flexibility index (Phi) is 4.24. The number of carboxylic acids is 1. The Hall–Kier alpha value is -1.51. The van der Waals surface area contributed by atoms with E-state index in [1.165, 1.54) is 11.3 Å². The van der Waals surface area contributed by atoms with Gasteiger partial charge in [0.15, 0.2) is 0 Å². The van der Waals surface area contributed by atoms with Crippen molar-refractivity contribution in [1.82, 2.24) is 0 Å². The molecule has 0 atom stereocenters. The Labute approximate surface area is 108 Å². The second-order valence-electron chi connectivity index (χ2n) is 5.05. The van der Waals surface area contributed by atoms with Gasteiger partial charge in [0.05, 0.1) is 0 Å². The van der Waals surface area contributed by atoms with E-state index < -0.39 is 5.97 Å². The lowest BCUT2D eigenvalue weighted by atomic mass is 9.93. The number of nitrogens with zero attached hydrogens (tertiary/aromatic N) is 1. The molecular formula is C15H21NO2. The van der Waals surface area contributed by atoms with Gasteiger partial charge in [-0.05, 0) is 42.9 Å². The molecule has 0 spiro atoms. The minimum absolute atomic E-state index is 0.322. The highest BCUT2D eigenvalue weighted by Gasteiger charge is 2.21. The zero-order valence-electron chi connectivity index (χ0n) is 10.9. The van der Waals surface area contributed by atoms with Crippen LogP contribution in [0, 0.1) is 5.92 Å². The molecule has 1 N–H and O–H groups in total. The second-order valence-corrected chi connectivity index (χ2v) is 5.05. The molecule has 0 aromatic heterocycles. The summed E-state index contributed by atoms with van der Waals surface area (Å²) >= 11 is 0. The molecule has 0 saturated carbocycles. The summed E-state index contributed by atoms with van der Waals surface area (Å²) in [5, 5.41) is 8.79. The Morgan fingerprint density at radius 3 is 2.39 bits per heavy atom. The fourth-order valence-electron chi connectivity index (χ4n) is 2.58. The van der Waals surface area contributed by atoms with Crippen molar-refractivity contribution in [3.63, 3.8) is 0 Å². The van der Waals surface area contributed by atoms with Gasteiger partial charge in [-0.3, -0.25) is 4.79 Å². The van der Waals surface area contributed by atoms with Gasteiger partial charge >= 0.3 is 5.97 Å². The highest BCUT2D eigenvalue weighted by atomic mass is 16.4. The summed E-state index contributed by atoms with van der Waals surface area (Å²) in [5.74, 6) is -0.311. The van der Waals surface area contributed by atoms with Crippen LogP contribution in [0.4, 0.5) is 5.69 Å². The van der Waals surface area contributed by atoms with Gasteiger partial charge in [-0.2, -0.15) is 0 Å². The molecule has 0 radical (unpaired) electrons. The topological polar surface area (TPSA) is 40.5 Å². The van der Waals surface area contributed by atoms with Gasteiger partial charge in [0.25, 0.3) is 0 Å². The van der Waals surface area contributed by atoms with Crippen molar-refractivity contribution in [2.24, 2.45) is 5.92 Å².